The van der Waals surface area contributed by atoms with E-state index < -0.39 is 0 Å². The van der Waals surface area contributed by atoms with Crippen molar-refractivity contribution in [1.82, 2.24) is 34.6 Å². The largest absolute Gasteiger partial charge is 0.492 e. The average molecular weight is 732 g/mol. The number of nitrogens with zero attached hydrogens (tertiary/aromatic N) is 7. The van der Waals surface area contributed by atoms with Gasteiger partial charge in [-0.25, -0.2) is 9.48 Å². The van der Waals surface area contributed by atoms with Crippen molar-refractivity contribution >= 4 is 23.4 Å². The van der Waals surface area contributed by atoms with Crippen molar-refractivity contribution in [3.05, 3.63) is 89.7 Å². The summed E-state index contributed by atoms with van der Waals surface area (Å²) in [5.74, 6) is 3.01. The highest BCUT2D eigenvalue weighted by Gasteiger charge is 2.31. The molecule has 2 aromatic carbocycles. The van der Waals surface area contributed by atoms with Crippen LogP contribution in [0.3, 0.4) is 0 Å². The Morgan fingerprint density at radius 1 is 0.870 bits per heavy atom. The van der Waals surface area contributed by atoms with E-state index in [4.69, 9.17) is 14.6 Å². The van der Waals surface area contributed by atoms with E-state index in [1.807, 2.05) is 60.8 Å². The third-order valence-corrected chi connectivity index (χ3v) is 11.1. The number of pyridine rings is 1. The minimum absolute atomic E-state index is 0.158. The fourth-order valence-electron chi connectivity index (χ4n) is 8.06. The normalized spacial score (nSPS) is 20.5. The van der Waals surface area contributed by atoms with Crippen molar-refractivity contribution in [2.24, 2.45) is 0 Å². The number of piperidine rings is 1. The van der Waals surface area contributed by atoms with Gasteiger partial charge in [0.15, 0.2) is 5.65 Å². The van der Waals surface area contributed by atoms with Gasteiger partial charge >= 0.3 is 6.03 Å². The van der Waals surface area contributed by atoms with Crippen LogP contribution in [0.15, 0.2) is 72.9 Å². The first-order valence-electron chi connectivity index (χ1n) is 19.7. The smallest absolute Gasteiger partial charge is 0.320 e. The first-order valence-corrected chi connectivity index (χ1v) is 19.7. The van der Waals surface area contributed by atoms with Crippen LogP contribution in [0.5, 0.6) is 11.5 Å². The maximum Gasteiger partial charge on any atom is 0.320 e. The summed E-state index contributed by atoms with van der Waals surface area (Å²) in [7, 11) is 0. The lowest BCUT2D eigenvalue weighted by Gasteiger charge is -2.33. The van der Waals surface area contributed by atoms with Crippen molar-refractivity contribution in [2.45, 2.75) is 96.2 Å². The first-order chi connectivity index (χ1) is 26.2. The van der Waals surface area contributed by atoms with Crippen molar-refractivity contribution in [3.63, 3.8) is 0 Å². The molecule has 2 amide bonds. The number of rotatable bonds is 10. The van der Waals surface area contributed by atoms with Crippen LogP contribution in [0.25, 0.3) is 11.3 Å². The SMILES string of the molecule is CC1CCCCN1c1nnc2ccc(O[C@@H]3CC[C@H](NC(=O)Nc4cc(C(C)(C)C)nn4-c4cccc(OCCN5CCCC5)c4)c4ccccc43)cn12. The molecule has 54 heavy (non-hydrogen) atoms. The molecule has 0 saturated carbocycles. The lowest BCUT2D eigenvalue weighted by Crippen LogP contribution is -2.38. The van der Waals surface area contributed by atoms with Crippen LogP contribution in [0.2, 0.25) is 0 Å². The van der Waals surface area contributed by atoms with Gasteiger partial charge in [0.1, 0.15) is 30.0 Å². The number of urea groups is 1. The summed E-state index contributed by atoms with van der Waals surface area (Å²) in [5.41, 5.74) is 4.42. The van der Waals surface area contributed by atoms with Gasteiger partial charge in [-0.3, -0.25) is 14.6 Å². The van der Waals surface area contributed by atoms with E-state index in [2.05, 4.69) is 74.9 Å². The molecule has 12 heteroatoms. The Balaban J connectivity index is 0.967. The molecule has 1 aliphatic carbocycles. The third-order valence-electron chi connectivity index (χ3n) is 11.1. The number of carbonyl (C=O) groups excluding carboxylic acids is 1. The van der Waals surface area contributed by atoms with E-state index in [1.54, 1.807) is 4.68 Å². The van der Waals surface area contributed by atoms with Crippen LogP contribution < -0.4 is 25.0 Å². The Morgan fingerprint density at radius 2 is 1.69 bits per heavy atom. The Kier molecular flexibility index (Phi) is 10.2. The molecule has 3 atom stereocenters. The van der Waals surface area contributed by atoms with E-state index in [9.17, 15) is 4.79 Å². The fourth-order valence-corrected chi connectivity index (χ4v) is 8.06. The van der Waals surface area contributed by atoms with Gasteiger partial charge in [0, 0.05) is 36.7 Å². The Hall–Kier alpha value is -5.10. The average Bonchev–Trinajstić information content (AvgIpc) is 3.94. The summed E-state index contributed by atoms with van der Waals surface area (Å²) in [4.78, 5) is 18.6. The van der Waals surface area contributed by atoms with Crippen LogP contribution >= 0.6 is 0 Å². The van der Waals surface area contributed by atoms with Crippen molar-refractivity contribution in [3.8, 4) is 17.2 Å². The summed E-state index contributed by atoms with van der Waals surface area (Å²) >= 11 is 0. The minimum atomic E-state index is -0.286. The monoisotopic (exact) mass is 731 g/mol. The van der Waals surface area contributed by atoms with E-state index in [0.717, 1.165) is 97.5 Å². The summed E-state index contributed by atoms with van der Waals surface area (Å²) in [5, 5.41) is 20.3. The van der Waals surface area contributed by atoms with Crippen LogP contribution in [0.4, 0.5) is 16.6 Å². The third kappa shape index (κ3) is 7.75. The minimum Gasteiger partial charge on any atom is -0.492 e. The number of likely N-dealkylation sites (tertiary alicyclic amines) is 1. The molecule has 0 radical (unpaired) electrons. The number of carbonyl (C=O) groups is 1. The summed E-state index contributed by atoms with van der Waals surface area (Å²) in [6, 6.07) is 22.0. The predicted molar refractivity (Wildman–Crippen MR) is 211 cm³/mol. The number of benzene rings is 2. The van der Waals surface area contributed by atoms with Gasteiger partial charge in [-0.2, -0.15) is 5.10 Å². The van der Waals surface area contributed by atoms with Crippen LogP contribution in [-0.4, -0.2) is 74.1 Å². The summed E-state index contributed by atoms with van der Waals surface area (Å²) < 4.78 is 16.7. The van der Waals surface area contributed by atoms with Gasteiger partial charge in [0.25, 0.3) is 0 Å². The predicted octanol–water partition coefficient (Wildman–Crippen LogP) is 7.84. The molecule has 1 unspecified atom stereocenters. The highest BCUT2D eigenvalue weighted by Crippen LogP contribution is 2.39. The van der Waals surface area contributed by atoms with E-state index in [1.165, 1.54) is 19.3 Å². The zero-order valence-electron chi connectivity index (χ0n) is 32.0. The molecule has 0 spiro atoms. The maximum absolute atomic E-state index is 13.8. The van der Waals surface area contributed by atoms with Crippen LogP contribution in [0.1, 0.15) is 102 Å². The lowest BCUT2D eigenvalue weighted by atomic mass is 9.85. The molecule has 3 aromatic heterocycles. The second-order valence-corrected chi connectivity index (χ2v) is 16.1. The number of fused-ring (bicyclic) bond motifs is 2. The van der Waals surface area contributed by atoms with Crippen molar-refractivity contribution in [2.75, 3.05) is 43.0 Å². The highest BCUT2D eigenvalue weighted by atomic mass is 16.5. The second kappa shape index (κ2) is 15.3. The second-order valence-electron chi connectivity index (χ2n) is 16.1. The van der Waals surface area contributed by atoms with E-state index in [-0.39, 0.29) is 23.6 Å². The molecule has 5 aromatic rings. The van der Waals surface area contributed by atoms with Crippen molar-refractivity contribution in [1.29, 1.82) is 0 Å². The van der Waals surface area contributed by atoms with Gasteiger partial charge in [-0.15, -0.1) is 10.2 Å². The Morgan fingerprint density at radius 3 is 2.50 bits per heavy atom. The maximum atomic E-state index is 13.8. The zero-order chi connectivity index (χ0) is 37.2. The van der Waals surface area contributed by atoms with Gasteiger partial charge < -0.3 is 19.7 Å². The topological polar surface area (TPSA) is 114 Å². The van der Waals surface area contributed by atoms with Gasteiger partial charge in [0.05, 0.1) is 23.6 Å². The van der Waals surface area contributed by atoms with Crippen LogP contribution in [-0.2, 0) is 5.41 Å². The first kappa shape index (κ1) is 35.9. The molecule has 0 bridgehead atoms. The number of hydrogen-bond acceptors (Lipinski definition) is 8. The van der Waals surface area contributed by atoms with Gasteiger partial charge in [0.2, 0.25) is 5.95 Å². The number of ether oxygens (including phenoxy) is 2. The van der Waals surface area contributed by atoms with Crippen molar-refractivity contribution < 1.29 is 14.3 Å². The summed E-state index contributed by atoms with van der Waals surface area (Å²) in [6.07, 6.45) is 9.41. The van der Waals surface area contributed by atoms with Gasteiger partial charge in [-0.05, 0) is 100 Å². The number of amides is 2. The molecule has 3 aliphatic rings. The lowest BCUT2D eigenvalue weighted by molar-refractivity contribution is 0.171. The summed E-state index contributed by atoms with van der Waals surface area (Å²) in [6.45, 7) is 13.4. The van der Waals surface area contributed by atoms with Crippen LogP contribution in [0, 0.1) is 0 Å². The highest BCUT2D eigenvalue weighted by molar-refractivity contribution is 5.89. The molecule has 2 fully saturated rings. The molecule has 8 rings (SSSR count). The fraction of sp³-hybridized carbons (Fsp3) is 0.476. The van der Waals surface area contributed by atoms with Gasteiger partial charge in [-0.1, -0.05) is 51.1 Å². The zero-order valence-corrected chi connectivity index (χ0v) is 32.0. The molecule has 12 nitrogen and oxygen atoms in total. The van der Waals surface area contributed by atoms with E-state index >= 15 is 0 Å². The molecule has 2 N–H and O–H groups in total. The number of aromatic nitrogens is 5. The van der Waals surface area contributed by atoms with E-state index in [0.29, 0.717) is 18.5 Å². The molecule has 284 valence electrons. The Bertz CT molecular complexity index is 2080. The molecular weight excluding hydrogens is 679 g/mol. The quantitative estimate of drug-likeness (QED) is 0.149. The number of nitrogens with one attached hydrogen (secondary N) is 2. The molecule has 2 saturated heterocycles. The molecular formula is C42H53N9O3. The number of hydrogen-bond donors (Lipinski definition) is 2. The molecule has 2 aliphatic heterocycles. The standard InChI is InChI=1S/C42H53N9O3/c1-29-12-7-8-23-49(29)41-46-45-38-20-17-32(28-50(38)41)54-36-19-18-35(33-15-5-6-16-34(33)36)43-40(52)44-39-27-37(42(2,3)4)47-51(39)30-13-11-14-31(26-30)53-25-24-48-21-9-10-22-48/h5-6,11,13-17,20,26-29,35-36H,7-10,12,18-19,21-25H2,1-4H3,(H2,43,44,52)/t29?,35-,36+/m0/s1. The Labute approximate surface area is 317 Å². The number of anilines is 2. The molecule has 5 heterocycles.